The lowest BCUT2D eigenvalue weighted by molar-refractivity contribution is 0.570. The molecule has 0 radical (unpaired) electrons. The van der Waals surface area contributed by atoms with E-state index in [1.54, 1.807) is 0 Å². The lowest BCUT2D eigenvalue weighted by atomic mass is 9.92. The minimum Gasteiger partial charge on any atom is -0.422 e. The number of hydrogen-bond donors (Lipinski definition) is 1. The number of para-hydroxylation sites is 1. The van der Waals surface area contributed by atoms with Crippen molar-refractivity contribution in [1.82, 2.24) is 0 Å². The van der Waals surface area contributed by atoms with E-state index in [0.29, 0.717) is 16.0 Å². The van der Waals surface area contributed by atoms with Gasteiger partial charge in [-0.15, -0.1) is 11.3 Å². The lowest BCUT2D eigenvalue weighted by Crippen LogP contribution is -2.02. The highest BCUT2D eigenvalue weighted by Gasteiger charge is 2.23. The minimum absolute atomic E-state index is 0.209. The van der Waals surface area contributed by atoms with Gasteiger partial charge in [-0.2, -0.15) is 0 Å². The summed E-state index contributed by atoms with van der Waals surface area (Å²) in [5, 5.41) is 2.95. The van der Waals surface area contributed by atoms with Gasteiger partial charge in [0.05, 0.1) is 0 Å². The van der Waals surface area contributed by atoms with Crippen molar-refractivity contribution in [2.75, 3.05) is 5.73 Å². The maximum Gasteiger partial charge on any atom is 0.347 e. The third-order valence-electron chi connectivity index (χ3n) is 4.45. The van der Waals surface area contributed by atoms with Crippen molar-refractivity contribution >= 4 is 38.1 Å². The molecule has 0 spiro atoms. The highest BCUT2D eigenvalue weighted by Crippen LogP contribution is 2.43. The number of thiophene rings is 1. The number of benzene rings is 2. The van der Waals surface area contributed by atoms with Crippen molar-refractivity contribution < 1.29 is 4.42 Å². The van der Waals surface area contributed by atoms with E-state index in [1.165, 1.54) is 16.9 Å². The van der Waals surface area contributed by atoms with Gasteiger partial charge in [0.25, 0.3) is 0 Å². The van der Waals surface area contributed by atoms with Crippen LogP contribution in [0.15, 0.2) is 63.8 Å². The predicted octanol–water partition coefficient (Wildman–Crippen LogP) is 5.13. The Balaban J connectivity index is 2.11. The summed E-state index contributed by atoms with van der Waals surface area (Å²) >= 11 is 1.50. The number of hydrogen-bond acceptors (Lipinski definition) is 4. The molecule has 0 aliphatic rings. The predicted molar refractivity (Wildman–Crippen MR) is 101 cm³/mol. The fraction of sp³-hybridized carbons (Fsp3) is 0.150. The summed E-state index contributed by atoms with van der Waals surface area (Å²) in [6, 6.07) is 18.0. The third kappa shape index (κ3) is 2.22. The summed E-state index contributed by atoms with van der Waals surface area (Å²) in [5.41, 5.74) is 7.69. The molecule has 0 bridgehead atoms. The first-order chi connectivity index (χ1) is 11.7. The number of nitrogen functional groups attached to an aromatic ring is 1. The van der Waals surface area contributed by atoms with Crippen LogP contribution in [0.5, 0.6) is 0 Å². The van der Waals surface area contributed by atoms with Crippen molar-refractivity contribution in [3.8, 4) is 0 Å². The lowest BCUT2D eigenvalue weighted by Gasteiger charge is -2.15. The van der Waals surface area contributed by atoms with E-state index in [1.807, 2.05) is 42.5 Å². The Labute approximate surface area is 143 Å². The molecule has 4 heteroatoms. The topological polar surface area (TPSA) is 56.2 Å². The van der Waals surface area contributed by atoms with Crippen LogP contribution < -0.4 is 11.4 Å². The first-order valence-corrected chi connectivity index (χ1v) is 8.81. The summed E-state index contributed by atoms with van der Waals surface area (Å²) in [4.78, 5) is 13.6. The minimum atomic E-state index is -0.355. The third-order valence-corrected chi connectivity index (χ3v) is 5.59. The molecule has 2 aromatic carbocycles. The van der Waals surface area contributed by atoms with Crippen molar-refractivity contribution in [3.05, 3.63) is 75.5 Å². The van der Waals surface area contributed by atoms with Crippen molar-refractivity contribution in [2.45, 2.75) is 19.3 Å². The van der Waals surface area contributed by atoms with Crippen LogP contribution >= 0.6 is 11.3 Å². The number of nitrogens with two attached hydrogens (primary N) is 1. The Hall–Kier alpha value is -2.59. The van der Waals surface area contributed by atoms with Crippen LogP contribution in [0.25, 0.3) is 21.7 Å². The fourth-order valence-corrected chi connectivity index (χ4v) is 4.64. The van der Waals surface area contributed by atoms with Crippen LogP contribution in [0.4, 0.5) is 5.00 Å². The van der Waals surface area contributed by atoms with E-state index >= 15 is 0 Å². The average Bonchev–Trinajstić information content (AvgIpc) is 2.95. The SMILES string of the molecule is CC[C@@H](c1ccccc1)c1sc(N)c2c(=O)oc3ccccc3c12. The zero-order valence-electron chi connectivity index (χ0n) is 13.3. The zero-order valence-corrected chi connectivity index (χ0v) is 14.1. The molecule has 0 saturated heterocycles. The zero-order chi connectivity index (χ0) is 16.7. The maximum atomic E-state index is 12.4. The second-order valence-corrected chi connectivity index (χ2v) is 6.92. The van der Waals surface area contributed by atoms with E-state index in [0.717, 1.165) is 22.1 Å². The Morgan fingerprint density at radius 1 is 1.04 bits per heavy atom. The molecule has 3 nitrogen and oxygen atoms in total. The Kier molecular flexibility index (Phi) is 3.62. The second kappa shape index (κ2) is 5.80. The molecule has 4 aromatic rings. The number of rotatable bonds is 3. The highest BCUT2D eigenvalue weighted by atomic mass is 32.1. The molecule has 24 heavy (non-hydrogen) atoms. The van der Waals surface area contributed by atoms with E-state index in [4.69, 9.17) is 10.2 Å². The van der Waals surface area contributed by atoms with Gasteiger partial charge < -0.3 is 10.2 Å². The van der Waals surface area contributed by atoms with Gasteiger partial charge in [-0.1, -0.05) is 55.5 Å². The Bertz CT molecular complexity index is 1080. The molecule has 2 heterocycles. The second-order valence-electron chi connectivity index (χ2n) is 5.84. The summed E-state index contributed by atoms with van der Waals surface area (Å²) in [6.45, 7) is 2.16. The van der Waals surface area contributed by atoms with Crippen LogP contribution in [-0.2, 0) is 0 Å². The quantitative estimate of drug-likeness (QED) is 0.528. The van der Waals surface area contributed by atoms with E-state index in [2.05, 4.69) is 19.1 Å². The monoisotopic (exact) mass is 335 g/mol. The van der Waals surface area contributed by atoms with Crippen LogP contribution in [-0.4, -0.2) is 0 Å². The number of fused-ring (bicyclic) bond motifs is 3. The van der Waals surface area contributed by atoms with E-state index in [9.17, 15) is 4.79 Å². The van der Waals surface area contributed by atoms with Gasteiger partial charge in [0.1, 0.15) is 16.0 Å². The van der Waals surface area contributed by atoms with Gasteiger partial charge in [-0.3, -0.25) is 0 Å². The van der Waals surface area contributed by atoms with Gasteiger partial charge in [0.15, 0.2) is 0 Å². The molecule has 0 aliphatic heterocycles. The molecule has 1 atom stereocenters. The maximum absolute atomic E-state index is 12.4. The molecule has 0 amide bonds. The highest BCUT2D eigenvalue weighted by molar-refractivity contribution is 7.18. The molecular formula is C20H17NO2S. The molecule has 0 aliphatic carbocycles. The van der Waals surface area contributed by atoms with Crippen molar-refractivity contribution in [1.29, 1.82) is 0 Å². The Morgan fingerprint density at radius 2 is 1.75 bits per heavy atom. The Morgan fingerprint density at radius 3 is 2.50 bits per heavy atom. The first kappa shape index (κ1) is 15.0. The standard InChI is InChI=1S/C20H17NO2S/c1-2-13(12-8-4-3-5-9-12)18-16-14-10-6-7-11-15(14)23-20(22)17(16)19(21)24-18/h3-11,13H,2,21H2,1H3/t13-/m0/s1. The molecular weight excluding hydrogens is 318 g/mol. The normalized spacial score (nSPS) is 12.7. The fourth-order valence-electron chi connectivity index (χ4n) is 3.35. The van der Waals surface area contributed by atoms with Crippen molar-refractivity contribution in [3.63, 3.8) is 0 Å². The summed E-state index contributed by atoms with van der Waals surface area (Å²) in [6.07, 6.45) is 0.938. The first-order valence-electron chi connectivity index (χ1n) is 7.99. The molecule has 0 unspecified atom stereocenters. The van der Waals surface area contributed by atoms with Crippen molar-refractivity contribution in [2.24, 2.45) is 0 Å². The van der Waals surface area contributed by atoms with Crippen LogP contribution in [0.3, 0.4) is 0 Å². The van der Waals surface area contributed by atoms with Gasteiger partial charge >= 0.3 is 5.63 Å². The van der Waals surface area contributed by atoms with Crippen LogP contribution in [0.1, 0.15) is 29.7 Å². The molecule has 2 N–H and O–H groups in total. The summed E-state index contributed by atoms with van der Waals surface area (Å²) in [7, 11) is 0. The van der Waals surface area contributed by atoms with Gasteiger partial charge in [0.2, 0.25) is 0 Å². The molecule has 0 fully saturated rings. The number of anilines is 1. The molecule has 2 aromatic heterocycles. The molecule has 4 rings (SSSR count). The van der Waals surface area contributed by atoms with Crippen LogP contribution in [0, 0.1) is 0 Å². The smallest absolute Gasteiger partial charge is 0.347 e. The average molecular weight is 335 g/mol. The summed E-state index contributed by atoms with van der Waals surface area (Å²) in [5.74, 6) is 0.209. The molecule has 120 valence electrons. The largest absolute Gasteiger partial charge is 0.422 e. The van der Waals surface area contributed by atoms with E-state index < -0.39 is 0 Å². The van der Waals surface area contributed by atoms with Gasteiger partial charge in [-0.25, -0.2) is 4.79 Å². The van der Waals surface area contributed by atoms with Gasteiger partial charge in [-0.05, 0) is 18.1 Å². The van der Waals surface area contributed by atoms with Crippen LogP contribution in [0.2, 0.25) is 0 Å². The molecule has 0 saturated carbocycles. The van der Waals surface area contributed by atoms with Gasteiger partial charge in [0, 0.05) is 21.6 Å². The summed E-state index contributed by atoms with van der Waals surface area (Å²) < 4.78 is 5.46. The van der Waals surface area contributed by atoms with E-state index in [-0.39, 0.29) is 11.5 Å².